The molecule has 0 aliphatic carbocycles. The van der Waals surface area contributed by atoms with Crippen LogP contribution < -0.4 is 5.32 Å². The minimum absolute atomic E-state index is 0.139. The number of nitrogens with one attached hydrogen (secondary N) is 1. The van der Waals surface area contributed by atoms with Crippen molar-refractivity contribution >= 4 is 17.6 Å². The van der Waals surface area contributed by atoms with Crippen molar-refractivity contribution in [3.05, 3.63) is 35.5 Å². The molecule has 0 radical (unpaired) electrons. The fraction of sp³-hybridized carbons (Fsp3) is 0.333. The van der Waals surface area contributed by atoms with Crippen molar-refractivity contribution in [2.45, 2.75) is 6.29 Å². The highest BCUT2D eigenvalue weighted by atomic mass is 16.7. The van der Waals surface area contributed by atoms with Crippen LogP contribution in [0.1, 0.15) is 11.9 Å². The Morgan fingerprint density at radius 2 is 1.78 bits per heavy atom. The standard InChI is InChI=1S/C15H19NO7/c1-20-13(18)8-11(14(19)21-2)16-10-7-9(5-6-12(10)17)15(22-3)23-4/h5-8,15-17H,1-4H3/b11-8+. The molecule has 0 aromatic heterocycles. The third kappa shape index (κ3) is 4.97. The number of esters is 2. The lowest BCUT2D eigenvalue weighted by Gasteiger charge is -2.16. The third-order valence-corrected chi connectivity index (χ3v) is 2.86. The highest BCUT2D eigenvalue weighted by Crippen LogP contribution is 2.29. The molecular formula is C15H19NO7. The van der Waals surface area contributed by atoms with Crippen LogP contribution >= 0.6 is 0 Å². The molecule has 1 aromatic carbocycles. The van der Waals surface area contributed by atoms with Crippen LogP contribution in [0.2, 0.25) is 0 Å². The number of ether oxygens (including phenoxy) is 4. The van der Waals surface area contributed by atoms with Gasteiger partial charge in [0, 0.05) is 19.8 Å². The summed E-state index contributed by atoms with van der Waals surface area (Å²) in [4.78, 5) is 23.1. The monoisotopic (exact) mass is 325 g/mol. The number of benzene rings is 1. The van der Waals surface area contributed by atoms with Crippen LogP contribution in [0.25, 0.3) is 0 Å². The molecule has 0 unspecified atom stereocenters. The molecule has 2 N–H and O–H groups in total. The van der Waals surface area contributed by atoms with Gasteiger partial charge in [0.2, 0.25) is 0 Å². The average Bonchev–Trinajstić information content (AvgIpc) is 2.56. The number of anilines is 1. The van der Waals surface area contributed by atoms with Gasteiger partial charge in [-0.25, -0.2) is 9.59 Å². The van der Waals surface area contributed by atoms with E-state index in [2.05, 4.69) is 14.8 Å². The molecule has 0 saturated carbocycles. The molecule has 1 aromatic rings. The Hall–Kier alpha value is -2.58. The van der Waals surface area contributed by atoms with Crippen LogP contribution in [-0.2, 0) is 28.5 Å². The molecule has 0 heterocycles. The van der Waals surface area contributed by atoms with Gasteiger partial charge in [0.05, 0.1) is 26.0 Å². The molecule has 0 aliphatic rings. The highest BCUT2D eigenvalue weighted by molar-refractivity contribution is 5.99. The summed E-state index contributed by atoms with van der Waals surface area (Å²) in [6.07, 6.45) is 0.268. The summed E-state index contributed by atoms with van der Waals surface area (Å²) in [6, 6.07) is 4.51. The smallest absolute Gasteiger partial charge is 0.354 e. The SMILES string of the molecule is COC(=O)/C=C(/Nc1cc(C(OC)OC)ccc1O)C(=O)OC. The van der Waals surface area contributed by atoms with Gasteiger partial charge in [-0.05, 0) is 12.1 Å². The highest BCUT2D eigenvalue weighted by Gasteiger charge is 2.17. The number of rotatable bonds is 7. The largest absolute Gasteiger partial charge is 0.506 e. The maximum absolute atomic E-state index is 11.7. The normalized spacial score (nSPS) is 11.3. The number of hydrogen-bond acceptors (Lipinski definition) is 8. The number of carbonyl (C=O) groups is 2. The second-order valence-electron chi connectivity index (χ2n) is 4.28. The van der Waals surface area contributed by atoms with E-state index in [1.807, 2.05) is 0 Å². The Labute approximate surface area is 133 Å². The number of carbonyl (C=O) groups excluding carboxylic acids is 2. The summed E-state index contributed by atoms with van der Waals surface area (Å²) in [7, 11) is 5.27. The lowest BCUT2D eigenvalue weighted by Crippen LogP contribution is -2.16. The molecule has 0 fully saturated rings. The van der Waals surface area contributed by atoms with Gasteiger partial charge in [-0.2, -0.15) is 0 Å². The van der Waals surface area contributed by atoms with E-state index >= 15 is 0 Å². The van der Waals surface area contributed by atoms with Gasteiger partial charge in [-0.1, -0.05) is 6.07 Å². The Morgan fingerprint density at radius 1 is 1.13 bits per heavy atom. The van der Waals surface area contributed by atoms with Crippen molar-refractivity contribution in [2.75, 3.05) is 33.8 Å². The Morgan fingerprint density at radius 3 is 2.30 bits per heavy atom. The minimum atomic E-state index is -0.796. The quantitative estimate of drug-likeness (QED) is 0.335. The Kier molecular flexibility index (Phi) is 7.04. The van der Waals surface area contributed by atoms with Crippen LogP contribution in [0.3, 0.4) is 0 Å². The minimum Gasteiger partial charge on any atom is -0.506 e. The van der Waals surface area contributed by atoms with Crippen LogP contribution in [0.15, 0.2) is 30.0 Å². The zero-order chi connectivity index (χ0) is 17.4. The molecule has 23 heavy (non-hydrogen) atoms. The summed E-state index contributed by atoms with van der Waals surface area (Å²) >= 11 is 0. The molecule has 0 amide bonds. The number of hydrogen-bond donors (Lipinski definition) is 2. The Balaban J connectivity index is 3.17. The molecule has 0 spiro atoms. The van der Waals surface area contributed by atoms with Gasteiger partial charge in [0.1, 0.15) is 11.4 Å². The number of methoxy groups -OCH3 is 4. The summed E-state index contributed by atoms with van der Waals surface area (Å²) in [5, 5.41) is 12.5. The van der Waals surface area contributed by atoms with Crippen molar-refractivity contribution < 1.29 is 33.6 Å². The van der Waals surface area contributed by atoms with Gasteiger partial charge in [0.15, 0.2) is 6.29 Å². The fourth-order valence-corrected chi connectivity index (χ4v) is 1.75. The zero-order valence-electron chi connectivity index (χ0n) is 13.3. The van der Waals surface area contributed by atoms with Crippen molar-refractivity contribution in [2.24, 2.45) is 0 Å². The summed E-state index contributed by atoms with van der Waals surface area (Å²) in [5.74, 6) is -1.69. The summed E-state index contributed by atoms with van der Waals surface area (Å²) in [6.45, 7) is 0. The molecule has 0 aliphatic heterocycles. The van der Waals surface area contributed by atoms with E-state index in [4.69, 9.17) is 9.47 Å². The van der Waals surface area contributed by atoms with Gasteiger partial charge in [0.25, 0.3) is 0 Å². The zero-order valence-corrected chi connectivity index (χ0v) is 13.3. The van der Waals surface area contributed by atoms with E-state index in [-0.39, 0.29) is 17.1 Å². The molecule has 126 valence electrons. The fourth-order valence-electron chi connectivity index (χ4n) is 1.75. The summed E-state index contributed by atoms with van der Waals surface area (Å²) < 4.78 is 19.3. The molecule has 0 saturated heterocycles. The topological polar surface area (TPSA) is 103 Å². The van der Waals surface area contributed by atoms with E-state index in [9.17, 15) is 14.7 Å². The van der Waals surface area contributed by atoms with Gasteiger partial charge in [-0.15, -0.1) is 0 Å². The second-order valence-corrected chi connectivity index (χ2v) is 4.28. The van der Waals surface area contributed by atoms with Gasteiger partial charge in [-0.3, -0.25) is 0 Å². The van der Waals surface area contributed by atoms with Crippen molar-refractivity contribution in [3.63, 3.8) is 0 Å². The first-order chi connectivity index (χ1) is 11.0. The van der Waals surface area contributed by atoms with Crippen molar-refractivity contribution in [1.82, 2.24) is 0 Å². The maximum atomic E-state index is 11.7. The van der Waals surface area contributed by atoms with E-state index in [0.29, 0.717) is 5.56 Å². The van der Waals surface area contributed by atoms with E-state index in [1.54, 1.807) is 6.07 Å². The predicted molar refractivity (Wildman–Crippen MR) is 80.6 cm³/mol. The van der Waals surface area contributed by atoms with Gasteiger partial charge < -0.3 is 29.4 Å². The van der Waals surface area contributed by atoms with Crippen molar-refractivity contribution in [3.8, 4) is 5.75 Å². The van der Waals surface area contributed by atoms with E-state index < -0.39 is 18.2 Å². The van der Waals surface area contributed by atoms with E-state index in [1.165, 1.54) is 33.5 Å². The van der Waals surface area contributed by atoms with Crippen LogP contribution in [0.5, 0.6) is 5.75 Å². The average molecular weight is 325 g/mol. The number of phenols is 1. The third-order valence-electron chi connectivity index (χ3n) is 2.86. The van der Waals surface area contributed by atoms with Crippen LogP contribution in [0.4, 0.5) is 5.69 Å². The lowest BCUT2D eigenvalue weighted by atomic mass is 10.1. The molecule has 1 rings (SSSR count). The summed E-state index contributed by atoms with van der Waals surface area (Å²) in [5.41, 5.74) is 0.568. The number of phenolic OH excluding ortho intramolecular Hbond substituents is 1. The van der Waals surface area contributed by atoms with Gasteiger partial charge >= 0.3 is 11.9 Å². The Bertz CT molecular complexity index is 593. The molecule has 0 atom stereocenters. The first kappa shape index (κ1) is 18.5. The second kappa shape index (κ2) is 8.76. The lowest BCUT2D eigenvalue weighted by molar-refractivity contribution is -0.138. The predicted octanol–water partition coefficient (Wildman–Crippen LogP) is 1.33. The first-order valence-electron chi connectivity index (χ1n) is 6.50. The number of aromatic hydroxyl groups is 1. The van der Waals surface area contributed by atoms with E-state index in [0.717, 1.165) is 13.2 Å². The molecule has 8 nitrogen and oxygen atoms in total. The molecule has 0 bridgehead atoms. The maximum Gasteiger partial charge on any atom is 0.354 e. The first-order valence-corrected chi connectivity index (χ1v) is 6.50. The van der Waals surface area contributed by atoms with Crippen LogP contribution in [0, 0.1) is 0 Å². The molecule has 8 heteroatoms. The van der Waals surface area contributed by atoms with Crippen LogP contribution in [-0.4, -0.2) is 45.5 Å². The van der Waals surface area contributed by atoms with Crippen molar-refractivity contribution in [1.29, 1.82) is 0 Å². The molecular weight excluding hydrogens is 306 g/mol.